The van der Waals surface area contributed by atoms with Crippen LogP contribution in [0.2, 0.25) is 0 Å². The Kier molecular flexibility index (Phi) is 2.03. The van der Waals surface area contributed by atoms with Crippen molar-refractivity contribution in [2.75, 3.05) is 6.54 Å². The molecule has 1 unspecified atom stereocenters. The maximum atomic E-state index is 6.03. The maximum Gasteiger partial charge on any atom is 0.251 e. The lowest BCUT2D eigenvalue weighted by molar-refractivity contribution is -0.138. The summed E-state index contributed by atoms with van der Waals surface area (Å²) in [5, 5.41) is 3.59. The minimum Gasteiger partial charge on any atom is -0.448 e. The smallest absolute Gasteiger partial charge is 0.251 e. The second-order valence-electron chi connectivity index (χ2n) is 5.99. The van der Waals surface area contributed by atoms with Crippen molar-refractivity contribution in [1.82, 2.24) is 5.32 Å². The van der Waals surface area contributed by atoms with E-state index in [1.807, 2.05) is 0 Å². The quantitative estimate of drug-likeness (QED) is 0.825. The van der Waals surface area contributed by atoms with Gasteiger partial charge in [0.15, 0.2) is 11.5 Å². The summed E-state index contributed by atoms with van der Waals surface area (Å²) >= 11 is 0. The van der Waals surface area contributed by atoms with E-state index in [0.29, 0.717) is 0 Å². The van der Waals surface area contributed by atoms with Crippen molar-refractivity contribution >= 4 is 0 Å². The highest BCUT2D eigenvalue weighted by atomic mass is 16.7. The van der Waals surface area contributed by atoms with Crippen molar-refractivity contribution < 1.29 is 9.47 Å². The van der Waals surface area contributed by atoms with Crippen molar-refractivity contribution in [3.8, 4) is 11.5 Å². The lowest BCUT2D eigenvalue weighted by Gasteiger charge is -2.35. The van der Waals surface area contributed by atoms with Crippen LogP contribution in [0.15, 0.2) is 18.2 Å². The normalized spacial score (nSPS) is 31.6. The molecular formula is C15H19NO2. The minimum atomic E-state index is -0.315. The number of nitrogens with one attached hydrogen (secondary N) is 1. The molecule has 0 amide bonds. The van der Waals surface area contributed by atoms with E-state index >= 15 is 0 Å². The average molecular weight is 245 g/mol. The first kappa shape index (κ1) is 10.7. The summed E-state index contributed by atoms with van der Waals surface area (Å²) in [4.78, 5) is 0. The van der Waals surface area contributed by atoms with Crippen LogP contribution in [0, 0.1) is 0 Å². The highest BCUT2D eigenvalue weighted by Gasteiger charge is 2.47. The Morgan fingerprint density at radius 1 is 1.06 bits per heavy atom. The maximum absolute atomic E-state index is 6.03. The van der Waals surface area contributed by atoms with Gasteiger partial charge in [-0.2, -0.15) is 0 Å². The minimum absolute atomic E-state index is 0.105. The molecule has 3 nitrogen and oxygen atoms in total. The molecule has 96 valence electrons. The molecule has 4 rings (SSSR count). The van der Waals surface area contributed by atoms with E-state index in [-0.39, 0.29) is 11.3 Å². The lowest BCUT2D eigenvalue weighted by atomic mass is 9.90. The molecule has 2 heterocycles. The van der Waals surface area contributed by atoms with Crippen LogP contribution < -0.4 is 14.8 Å². The van der Waals surface area contributed by atoms with Gasteiger partial charge in [-0.3, -0.25) is 0 Å². The van der Waals surface area contributed by atoms with Crippen LogP contribution in [-0.4, -0.2) is 12.3 Å². The van der Waals surface area contributed by atoms with Crippen LogP contribution in [-0.2, 0) is 5.54 Å². The Labute approximate surface area is 107 Å². The Morgan fingerprint density at radius 2 is 1.89 bits per heavy atom. The van der Waals surface area contributed by atoms with Crippen LogP contribution in [0.3, 0.4) is 0 Å². The predicted molar refractivity (Wildman–Crippen MR) is 68.9 cm³/mol. The Balaban J connectivity index is 1.67. The summed E-state index contributed by atoms with van der Waals surface area (Å²) in [5.41, 5.74) is 1.42. The second kappa shape index (κ2) is 3.41. The monoisotopic (exact) mass is 245 g/mol. The molecule has 2 aliphatic heterocycles. The zero-order valence-electron chi connectivity index (χ0n) is 10.8. The summed E-state index contributed by atoms with van der Waals surface area (Å²) in [6.07, 6.45) is 5.69. The summed E-state index contributed by atoms with van der Waals surface area (Å²) in [5.74, 6) is 1.53. The molecule has 1 saturated carbocycles. The number of rotatable bonds is 1. The molecule has 3 heteroatoms. The van der Waals surface area contributed by atoms with Gasteiger partial charge in [0, 0.05) is 18.4 Å². The fourth-order valence-electron chi connectivity index (χ4n) is 3.25. The van der Waals surface area contributed by atoms with Crippen molar-refractivity contribution in [3.63, 3.8) is 0 Å². The number of hydrogen-bond acceptors (Lipinski definition) is 3. The molecule has 1 spiro atoms. The van der Waals surface area contributed by atoms with E-state index in [4.69, 9.17) is 9.47 Å². The fraction of sp³-hybridized carbons (Fsp3) is 0.600. The van der Waals surface area contributed by atoms with Gasteiger partial charge < -0.3 is 14.8 Å². The van der Waals surface area contributed by atoms with Crippen molar-refractivity contribution in [1.29, 1.82) is 0 Å². The third kappa shape index (κ3) is 1.40. The SMILES string of the molecule is CC1(c2ccc3c(c2)OC2(CCC2)O3)CCCN1. The van der Waals surface area contributed by atoms with Gasteiger partial charge in [0.2, 0.25) is 0 Å². The Bertz CT molecular complexity index is 487. The molecule has 1 N–H and O–H groups in total. The molecule has 1 atom stereocenters. The van der Waals surface area contributed by atoms with E-state index < -0.39 is 0 Å². The topological polar surface area (TPSA) is 30.5 Å². The van der Waals surface area contributed by atoms with E-state index in [1.54, 1.807) is 0 Å². The van der Waals surface area contributed by atoms with Gasteiger partial charge in [-0.15, -0.1) is 0 Å². The summed E-state index contributed by atoms with van der Waals surface area (Å²) in [7, 11) is 0. The third-order valence-electron chi connectivity index (χ3n) is 4.66. The fourth-order valence-corrected chi connectivity index (χ4v) is 3.25. The standard InChI is InChI=1S/C15H19NO2/c1-14(6-3-9-16-14)11-4-5-12-13(10-11)18-15(17-12)7-2-8-15/h4-5,10,16H,2-3,6-9H2,1H3. The van der Waals surface area contributed by atoms with E-state index in [2.05, 4.69) is 30.4 Å². The number of ether oxygens (including phenoxy) is 2. The van der Waals surface area contributed by atoms with Gasteiger partial charge in [-0.25, -0.2) is 0 Å². The van der Waals surface area contributed by atoms with E-state index in [1.165, 1.54) is 24.8 Å². The molecule has 2 fully saturated rings. The first-order chi connectivity index (χ1) is 8.69. The van der Waals surface area contributed by atoms with Gasteiger partial charge in [0.25, 0.3) is 5.79 Å². The van der Waals surface area contributed by atoms with Crippen LogP contribution in [0.1, 0.15) is 44.6 Å². The molecule has 0 bridgehead atoms. The summed E-state index contributed by atoms with van der Waals surface area (Å²) in [6.45, 7) is 3.38. The van der Waals surface area contributed by atoms with Crippen molar-refractivity contribution in [2.24, 2.45) is 0 Å². The van der Waals surface area contributed by atoms with Gasteiger partial charge in [0.1, 0.15) is 0 Å². The van der Waals surface area contributed by atoms with Crippen LogP contribution in [0.25, 0.3) is 0 Å². The summed E-state index contributed by atoms with van der Waals surface area (Å²) in [6, 6.07) is 6.42. The average Bonchev–Trinajstić information content (AvgIpc) is 2.91. The van der Waals surface area contributed by atoms with Crippen molar-refractivity contribution in [3.05, 3.63) is 23.8 Å². The Morgan fingerprint density at radius 3 is 2.56 bits per heavy atom. The predicted octanol–water partition coefficient (Wildman–Crippen LogP) is 2.94. The zero-order chi connectivity index (χ0) is 12.2. The van der Waals surface area contributed by atoms with Crippen LogP contribution in [0.4, 0.5) is 0 Å². The van der Waals surface area contributed by atoms with Crippen molar-refractivity contribution in [2.45, 2.75) is 50.4 Å². The molecule has 1 aromatic carbocycles. The molecule has 1 aliphatic carbocycles. The van der Waals surface area contributed by atoms with Crippen LogP contribution >= 0.6 is 0 Å². The molecule has 0 radical (unpaired) electrons. The van der Waals surface area contributed by atoms with Gasteiger partial charge in [0.05, 0.1) is 0 Å². The second-order valence-corrected chi connectivity index (χ2v) is 5.99. The molecule has 18 heavy (non-hydrogen) atoms. The Hall–Kier alpha value is -1.22. The highest BCUT2D eigenvalue weighted by molar-refractivity contribution is 5.48. The number of benzene rings is 1. The van der Waals surface area contributed by atoms with Gasteiger partial charge in [-0.05, 0) is 50.4 Å². The molecule has 3 aliphatic rings. The number of hydrogen-bond donors (Lipinski definition) is 1. The lowest BCUT2D eigenvalue weighted by Crippen LogP contribution is -2.45. The highest BCUT2D eigenvalue weighted by Crippen LogP contribution is 2.49. The third-order valence-corrected chi connectivity index (χ3v) is 4.66. The first-order valence-corrected chi connectivity index (χ1v) is 6.97. The summed E-state index contributed by atoms with van der Waals surface area (Å²) < 4.78 is 12.0. The zero-order valence-corrected chi connectivity index (χ0v) is 10.8. The number of fused-ring (bicyclic) bond motifs is 1. The van der Waals surface area contributed by atoms with Gasteiger partial charge >= 0.3 is 0 Å². The molecule has 1 aromatic rings. The molecular weight excluding hydrogens is 226 g/mol. The van der Waals surface area contributed by atoms with E-state index in [0.717, 1.165) is 30.9 Å². The molecule has 1 saturated heterocycles. The molecule has 0 aromatic heterocycles. The van der Waals surface area contributed by atoms with Gasteiger partial charge in [-0.1, -0.05) is 6.07 Å². The van der Waals surface area contributed by atoms with E-state index in [9.17, 15) is 0 Å². The first-order valence-electron chi connectivity index (χ1n) is 6.97. The largest absolute Gasteiger partial charge is 0.448 e. The van der Waals surface area contributed by atoms with Crippen LogP contribution in [0.5, 0.6) is 11.5 Å².